The third-order valence-electron chi connectivity index (χ3n) is 5.54. The minimum absolute atomic E-state index is 0.0324. The van der Waals surface area contributed by atoms with Gasteiger partial charge in [-0.25, -0.2) is 0 Å². The Morgan fingerprint density at radius 1 is 1.24 bits per heavy atom. The van der Waals surface area contributed by atoms with Crippen LogP contribution in [0.1, 0.15) is 33.3 Å². The minimum atomic E-state index is -1.54. The number of carbonyl (C=O) groups excluding carboxylic acids is 1. The molecule has 1 amide bonds. The van der Waals surface area contributed by atoms with Crippen molar-refractivity contribution in [2.45, 2.75) is 52.2 Å². The number of rotatable bonds is 8. The van der Waals surface area contributed by atoms with Crippen LogP contribution in [0.25, 0.3) is 10.9 Å². The number of ether oxygens (including phenoxy) is 1. The number of aromatic nitrogens is 1. The molecule has 2 rings (SSSR count). The number of hydrogen-bond acceptors (Lipinski definition) is 2. The Bertz CT molecular complexity index is 745. The van der Waals surface area contributed by atoms with E-state index in [1.165, 1.54) is 37.7 Å². The first kappa shape index (κ1) is 20.5. The van der Waals surface area contributed by atoms with E-state index < -0.39 is 8.24 Å². The first-order chi connectivity index (χ1) is 11.9. The number of hydrogen-bond donors (Lipinski definition) is 1. The molecule has 25 heavy (non-hydrogen) atoms. The molecule has 0 spiro atoms. The van der Waals surface area contributed by atoms with Crippen molar-refractivity contribution in [1.29, 1.82) is 0 Å². The van der Waals surface area contributed by atoms with Crippen LogP contribution < -0.4 is 13.1 Å². The number of nitrogens with zero attached hydrogens (tertiary/aromatic N) is 1. The summed E-state index contributed by atoms with van der Waals surface area (Å²) in [6, 6.07) is 8.34. The molecule has 4 nitrogen and oxygen atoms in total. The van der Waals surface area contributed by atoms with E-state index in [0.29, 0.717) is 32.7 Å². The Kier molecular flexibility index (Phi) is 7.14. The van der Waals surface area contributed by atoms with Crippen LogP contribution in [0.5, 0.6) is 5.75 Å². The van der Waals surface area contributed by atoms with E-state index in [2.05, 4.69) is 48.7 Å². The van der Waals surface area contributed by atoms with Crippen LogP contribution in [-0.2, 0) is 37.3 Å². The Morgan fingerprint density at radius 2 is 1.88 bits per heavy atom. The average molecular weight is 546 g/mol. The number of amides is 1. The molecule has 1 heterocycles. The summed E-state index contributed by atoms with van der Waals surface area (Å²) in [6.07, 6.45) is 3.24. The van der Waals surface area contributed by atoms with Crippen LogP contribution in [0.15, 0.2) is 18.3 Å². The van der Waals surface area contributed by atoms with Crippen molar-refractivity contribution in [2.24, 2.45) is 0 Å². The van der Waals surface area contributed by atoms with E-state index >= 15 is 0 Å². The second-order valence-corrected chi connectivity index (χ2v) is 14.7. The molecule has 0 aliphatic carbocycles. The molecular formula is C19H29HgN2O2Si+. The Hall–Kier alpha value is -0.818. The second kappa shape index (κ2) is 8.71. The molecule has 0 aliphatic heterocycles. The summed E-state index contributed by atoms with van der Waals surface area (Å²) in [5.74, 6) is 1.05. The van der Waals surface area contributed by atoms with Crippen LogP contribution in [0, 0.1) is 0 Å². The summed E-state index contributed by atoms with van der Waals surface area (Å²) >= 11 is 0.519. The van der Waals surface area contributed by atoms with Crippen LogP contribution in [0.3, 0.4) is 0 Å². The van der Waals surface area contributed by atoms with E-state index in [1.54, 1.807) is 14.0 Å². The number of carbonyl (C=O) groups is 1. The van der Waals surface area contributed by atoms with E-state index in [9.17, 15) is 4.79 Å². The van der Waals surface area contributed by atoms with E-state index in [0.717, 1.165) is 12.2 Å². The molecular weight excluding hydrogens is 517 g/mol. The molecule has 132 valence electrons. The van der Waals surface area contributed by atoms with Crippen LogP contribution in [-0.4, -0.2) is 32.0 Å². The van der Waals surface area contributed by atoms with Gasteiger partial charge in [-0.05, 0) is 0 Å². The van der Waals surface area contributed by atoms with Gasteiger partial charge in [0.1, 0.15) is 0 Å². The molecule has 1 aromatic carbocycles. The molecule has 0 radical (unpaired) electrons. The van der Waals surface area contributed by atoms with Gasteiger partial charge in [-0.2, -0.15) is 0 Å². The fraction of sp³-hybridized carbons (Fsp3) is 0.526. The SMILES string of the molecule is CC[Si](CC)(CC)n1cc(CCNC(C)=O)c2cc(OC)[c]([Hg+])cc21. The summed E-state index contributed by atoms with van der Waals surface area (Å²) in [7, 11) is 0.220. The molecule has 0 saturated heterocycles. The fourth-order valence-corrected chi connectivity index (χ4v) is 9.14. The maximum absolute atomic E-state index is 11.2. The third kappa shape index (κ3) is 4.13. The Balaban J connectivity index is 2.61. The van der Waals surface area contributed by atoms with Crippen molar-refractivity contribution in [1.82, 2.24) is 9.55 Å². The van der Waals surface area contributed by atoms with Gasteiger partial charge >= 0.3 is 169 Å². The van der Waals surface area contributed by atoms with Crippen LogP contribution in [0.4, 0.5) is 0 Å². The zero-order chi connectivity index (χ0) is 18.6. The number of benzene rings is 1. The summed E-state index contributed by atoms with van der Waals surface area (Å²) in [4.78, 5) is 11.2. The van der Waals surface area contributed by atoms with Crippen molar-refractivity contribution in [3.63, 3.8) is 0 Å². The van der Waals surface area contributed by atoms with Gasteiger partial charge in [0.2, 0.25) is 0 Å². The number of nitrogens with one attached hydrogen (secondary N) is 1. The standard InChI is InChI=1S/C19H29N2O2Si.Hg/c1-6-24(7-2,8-3)21-14-16(11-12-20-15(4)22)18-13-17(23-5)9-10-19(18)21;/h10,13-14H,6-8,11-12H2,1-5H3,(H,20,22);/q;+1. The van der Waals surface area contributed by atoms with Crippen molar-refractivity contribution in [3.05, 3.63) is 23.9 Å². The van der Waals surface area contributed by atoms with Crippen molar-refractivity contribution in [2.75, 3.05) is 13.7 Å². The van der Waals surface area contributed by atoms with E-state index in [1.807, 2.05) is 0 Å². The molecule has 1 N–H and O–H groups in total. The Labute approximate surface area is 168 Å². The van der Waals surface area contributed by atoms with Gasteiger partial charge in [-0.1, -0.05) is 0 Å². The molecule has 0 unspecified atom stereocenters. The van der Waals surface area contributed by atoms with Gasteiger partial charge in [0.15, 0.2) is 0 Å². The molecule has 0 bridgehead atoms. The zero-order valence-electron chi connectivity index (χ0n) is 16.2. The zero-order valence-corrected chi connectivity index (χ0v) is 22.7. The third-order valence-corrected chi connectivity index (χ3v) is 13.0. The van der Waals surface area contributed by atoms with Gasteiger partial charge in [-0.15, -0.1) is 0 Å². The fourth-order valence-electron chi connectivity index (χ4n) is 3.78. The van der Waals surface area contributed by atoms with E-state index in [-0.39, 0.29) is 5.91 Å². The van der Waals surface area contributed by atoms with Crippen molar-refractivity contribution in [3.8, 4) is 5.75 Å². The molecule has 1 aromatic heterocycles. The second-order valence-electron chi connectivity index (χ2n) is 6.72. The first-order valence-electron chi connectivity index (χ1n) is 9.21. The molecule has 0 fully saturated rings. The maximum atomic E-state index is 11.2. The van der Waals surface area contributed by atoms with Gasteiger partial charge in [0, 0.05) is 0 Å². The average Bonchev–Trinajstić information content (AvgIpc) is 2.94. The van der Waals surface area contributed by atoms with Crippen LogP contribution in [0.2, 0.25) is 18.1 Å². The topological polar surface area (TPSA) is 43.3 Å². The van der Waals surface area contributed by atoms with Gasteiger partial charge in [-0.3, -0.25) is 0 Å². The Morgan fingerprint density at radius 3 is 2.40 bits per heavy atom. The van der Waals surface area contributed by atoms with Gasteiger partial charge < -0.3 is 0 Å². The summed E-state index contributed by atoms with van der Waals surface area (Å²) < 4.78 is 9.62. The van der Waals surface area contributed by atoms with Crippen molar-refractivity contribution >= 4 is 28.1 Å². The number of fused-ring (bicyclic) bond motifs is 1. The molecule has 0 saturated carbocycles. The summed E-state index contributed by atoms with van der Waals surface area (Å²) in [5.41, 5.74) is 2.70. The molecule has 0 aliphatic rings. The molecule has 0 atom stereocenters. The predicted octanol–water partition coefficient (Wildman–Crippen LogP) is 3.35. The first-order valence-corrected chi connectivity index (χ1v) is 14.5. The quantitative estimate of drug-likeness (QED) is 0.517. The van der Waals surface area contributed by atoms with Gasteiger partial charge in [0.25, 0.3) is 0 Å². The summed E-state index contributed by atoms with van der Waals surface area (Å²) in [6.45, 7) is 9.29. The monoisotopic (exact) mass is 547 g/mol. The molecule has 2 aromatic rings. The van der Waals surface area contributed by atoms with Gasteiger partial charge in [0.05, 0.1) is 0 Å². The van der Waals surface area contributed by atoms with E-state index in [4.69, 9.17) is 4.74 Å². The molecule has 6 heteroatoms. The predicted molar refractivity (Wildman–Crippen MR) is 103 cm³/mol. The van der Waals surface area contributed by atoms with Crippen LogP contribution >= 0.6 is 0 Å². The van der Waals surface area contributed by atoms with Crippen molar-refractivity contribution < 1.29 is 35.7 Å². The summed E-state index contributed by atoms with van der Waals surface area (Å²) in [5, 5.41) is 4.23. The number of methoxy groups -OCH3 is 1. The normalized spacial score (nSPS) is 11.8.